The van der Waals surface area contributed by atoms with Gasteiger partial charge in [0, 0.05) is 42.0 Å². The molecule has 2 aromatic rings. The van der Waals surface area contributed by atoms with E-state index in [1.807, 2.05) is 0 Å². The Morgan fingerprint density at radius 3 is 2.79 bits per heavy atom. The molecule has 0 unspecified atom stereocenters. The highest BCUT2D eigenvalue weighted by atomic mass is 35.5. The van der Waals surface area contributed by atoms with E-state index in [1.54, 1.807) is 22.7 Å². The summed E-state index contributed by atoms with van der Waals surface area (Å²) in [5, 5.41) is 7.58. The second-order valence-corrected chi connectivity index (χ2v) is 6.41. The lowest BCUT2D eigenvalue weighted by Crippen LogP contribution is -2.39. The number of likely N-dealkylation sites (tertiary alicyclic amines) is 1. The first-order valence-electron chi connectivity index (χ1n) is 6.26. The van der Waals surface area contributed by atoms with E-state index < -0.39 is 0 Å². The first-order chi connectivity index (χ1) is 8.81. The minimum atomic E-state index is 0. The van der Waals surface area contributed by atoms with E-state index in [1.165, 1.54) is 11.3 Å². The molecule has 104 valence electrons. The molecule has 1 fully saturated rings. The van der Waals surface area contributed by atoms with Crippen molar-refractivity contribution in [2.24, 2.45) is 5.73 Å². The summed E-state index contributed by atoms with van der Waals surface area (Å²) in [5.74, 6) is 0. The molecule has 0 bridgehead atoms. The summed E-state index contributed by atoms with van der Waals surface area (Å²) in [5.41, 5.74) is 8.36. The number of rotatable bonds is 3. The van der Waals surface area contributed by atoms with Gasteiger partial charge >= 0.3 is 0 Å². The molecular weight excluding hydrogens is 298 g/mol. The Morgan fingerprint density at radius 2 is 2.11 bits per heavy atom. The summed E-state index contributed by atoms with van der Waals surface area (Å²) in [6.45, 7) is 3.17. The van der Waals surface area contributed by atoms with Gasteiger partial charge in [-0.05, 0) is 24.3 Å². The molecule has 0 atom stereocenters. The van der Waals surface area contributed by atoms with Crippen LogP contribution in [0.4, 0.5) is 0 Å². The second-order valence-electron chi connectivity index (χ2n) is 4.77. The van der Waals surface area contributed by atoms with Crippen molar-refractivity contribution in [2.75, 3.05) is 13.1 Å². The Kier molecular flexibility index (Phi) is 5.36. The van der Waals surface area contributed by atoms with Crippen molar-refractivity contribution in [1.29, 1.82) is 0 Å². The van der Waals surface area contributed by atoms with Crippen molar-refractivity contribution in [3.63, 3.8) is 0 Å². The van der Waals surface area contributed by atoms with Crippen molar-refractivity contribution < 1.29 is 0 Å². The molecule has 0 aliphatic carbocycles. The molecule has 2 N–H and O–H groups in total. The fourth-order valence-electron chi connectivity index (χ4n) is 2.24. The van der Waals surface area contributed by atoms with Gasteiger partial charge in [0.1, 0.15) is 5.01 Å². The Hall–Kier alpha value is -0.460. The largest absolute Gasteiger partial charge is 0.328 e. The van der Waals surface area contributed by atoms with Crippen LogP contribution in [-0.2, 0) is 6.54 Å². The fourth-order valence-corrected chi connectivity index (χ4v) is 3.76. The molecule has 1 saturated heterocycles. The molecule has 2 aromatic heterocycles. The van der Waals surface area contributed by atoms with Crippen LogP contribution in [0.15, 0.2) is 22.2 Å². The molecule has 1 aliphatic heterocycles. The number of piperidine rings is 1. The third kappa shape index (κ3) is 3.77. The molecule has 0 amide bonds. The number of nitrogens with zero attached hydrogens (tertiary/aromatic N) is 2. The predicted octanol–water partition coefficient (Wildman–Crippen LogP) is 3.22. The van der Waals surface area contributed by atoms with Crippen LogP contribution in [-0.4, -0.2) is 29.0 Å². The standard InChI is InChI=1S/C13H17N3S2.ClH/c14-11-1-4-16(5-2-11)7-12-9-18-13(15-12)10-3-6-17-8-10;/h3,6,8-9,11H,1-2,4-5,7,14H2;1H. The lowest BCUT2D eigenvalue weighted by Gasteiger charge is -2.29. The monoisotopic (exact) mass is 315 g/mol. The van der Waals surface area contributed by atoms with Crippen LogP contribution in [0.1, 0.15) is 18.5 Å². The van der Waals surface area contributed by atoms with Crippen LogP contribution >= 0.6 is 35.1 Å². The van der Waals surface area contributed by atoms with E-state index in [4.69, 9.17) is 10.7 Å². The maximum atomic E-state index is 5.92. The van der Waals surface area contributed by atoms with Crippen LogP contribution in [0.2, 0.25) is 0 Å². The summed E-state index contributed by atoms with van der Waals surface area (Å²) in [7, 11) is 0. The zero-order valence-electron chi connectivity index (χ0n) is 10.6. The summed E-state index contributed by atoms with van der Waals surface area (Å²) in [6.07, 6.45) is 2.23. The van der Waals surface area contributed by atoms with E-state index in [0.717, 1.165) is 37.5 Å². The lowest BCUT2D eigenvalue weighted by molar-refractivity contribution is 0.204. The second kappa shape index (κ2) is 6.81. The summed E-state index contributed by atoms with van der Waals surface area (Å²) < 4.78 is 0. The van der Waals surface area contributed by atoms with Gasteiger partial charge in [-0.25, -0.2) is 4.98 Å². The molecule has 0 saturated carbocycles. The van der Waals surface area contributed by atoms with E-state index in [9.17, 15) is 0 Å². The van der Waals surface area contributed by atoms with Crippen molar-refractivity contribution in [3.05, 3.63) is 27.9 Å². The third-order valence-corrected chi connectivity index (χ3v) is 4.96. The van der Waals surface area contributed by atoms with Crippen LogP contribution < -0.4 is 5.73 Å². The summed E-state index contributed by atoms with van der Waals surface area (Å²) >= 11 is 3.46. The van der Waals surface area contributed by atoms with Gasteiger partial charge in [-0.2, -0.15) is 11.3 Å². The van der Waals surface area contributed by atoms with Gasteiger partial charge in [0.05, 0.1) is 5.69 Å². The molecule has 6 heteroatoms. The molecular formula is C13H18ClN3S2. The summed E-state index contributed by atoms with van der Waals surface area (Å²) in [6, 6.07) is 2.53. The van der Waals surface area contributed by atoms with Crippen LogP contribution in [0, 0.1) is 0 Å². The average Bonchev–Trinajstić information content (AvgIpc) is 3.02. The van der Waals surface area contributed by atoms with Gasteiger partial charge in [-0.15, -0.1) is 23.7 Å². The van der Waals surface area contributed by atoms with Crippen molar-refractivity contribution in [2.45, 2.75) is 25.4 Å². The molecule has 3 nitrogen and oxygen atoms in total. The van der Waals surface area contributed by atoms with Crippen molar-refractivity contribution in [1.82, 2.24) is 9.88 Å². The van der Waals surface area contributed by atoms with Gasteiger partial charge in [0.25, 0.3) is 0 Å². The molecule has 1 aliphatic rings. The molecule has 0 spiro atoms. The predicted molar refractivity (Wildman–Crippen MR) is 85.2 cm³/mol. The Labute approximate surface area is 127 Å². The molecule has 19 heavy (non-hydrogen) atoms. The topological polar surface area (TPSA) is 42.1 Å². The van der Waals surface area contributed by atoms with E-state index in [0.29, 0.717) is 6.04 Å². The van der Waals surface area contributed by atoms with Gasteiger partial charge in [-0.1, -0.05) is 0 Å². The highest BCUT2D eigenvalue weighted by Gasteiger charge is 2.17. The zero-order valence-corrected chi connectivity index (χ0v) is 13.1. The number of thiazole rings is 1. The Bertz CT molecular complexity index is 490. The minimum Gasteiger partial charge on any atom is -0.328 e. The SMILES string of the molecule is Cl.NC1CCN(Cc2csc(-c3ccsc3)n2)CC1. The average molecular weight is 316 g/mol. The maximum absolute atomic E-state index is 5.92. The lowest BCUT2D eigenvalue weighted by atomic mass is 10.1. The Morgan fingerprint density at radius 1 is 1.32 bits per heavy atom. The quantitative estimate of drug-likeness (QED) is 0.945. The van der Waals surface area contributed by atoms with Crippen LogP contribution in [0.5, 0.6) is 0 Å². The maximum Gasteiger partial charge on any atom is 0.124 e. The van der Waals surface area contributed by atoms with Gasteiger partial charge in [-0.3, -0.25) is 4.90 Å². The van der Waals surface area contributed by atoms with Crippen LogP contribution in [0.25, 0.3) is 10.6 Å². The highest BCUT2D eigenvalue weighted by molar-refractivity contribution is 7.14. The Balaban J connectivity index is 0.00000133. The van der Waals surface area contributed by atoms with E-state index >= 15 is 0 Å². The summed E-state index contributed by atoms with van der Waals surface area (Å²) in [4.78, 5) is 7.17. The molecule has 3 rings (SSSR count). The first kappa shape index (κ1) is 14.9. The smallest absolute Gasteiger partial charge is 0.124 e. The number of hydrogen-bond acceptors (Lipinski definition) is 5. The van der Waals surface area contributed by atoms with Gasteiger partial charge in [0.15, 0.2) is 0 Å². The number of aromatic nitrogens is 1. The molecule has 3 heterocycles. The van der Waals surface area contributed by atoms with Gasteiger partial charge < -0.3 is 5.73 Å². The molecule has 0 radical (unpaired) electrons. The number of halogens is 1. The van der Waals surface area contributed by atoms with Gasteiger partial charge in [0.2, 0.25) is 0 Å². The fraction of sp³-hybridized carbons (Fsp3) is 0.462. The highest BCUT2D eigenvalue weighted by Crippen LogP contribution is 2.26. The molecule has 0 aromatic carbocycles. The normalized spacial score (nSPS) is 17.3. The first-order valence-corrected chi connectivity index (χ1v) is 8.08. The number of thiophene rings is 1. The zero-order chi connectivity index (χ0) is 12.4. The van der Waals surface area contributed by atoms with Crippen molar-refractivity contribution in [3.8, 4) is 10.6 Å². The van der Waals surface area contributed by atoms with Crippen LogP contribution in [0.3, 0.4) is 0 Å². The number of nitrogens with two attached hydrogens (primary N) is 1. The van der Waals surface area contributed by atoms with E-state index in [2.05, 4.69) is 27.1 Å². The number of hydrogen-bond donors (Lipinski definition) is 1. The van der Waals surface area contributed by atoms with Crippen molar-refractivity contribution >= 4 is 35.1 Å². The van der Waals surface area contributed by atoms with E-state index in [-0.39, 0.29) is 12.4 Å². The minimum absolute atomic E-state index is 0. The third-order valence-electron chi connectivity index (χ3n) is 3.34.